The number of nitrogens with zero attached hydrogens (tertiary/aromatic N) is 4. The van der Waals surface area contributed by atoms with Crippen molar-refractivity contribution in [2.45, 2.75) is 26.2 Å². The summed E-state index contributed by atoms with van der Waals surface area (Å²) in [4.78, 5) is 14.9. The van der Waals surface area contributed by atoms with Gasteiger partial charge in [0, 0.05) is 53.7 Å². The molecule has 0 spiro atoms. The van der Waals surface area contributed by atoms with E-state index < -0.39 is 0 Å². The summed E-state index contributed by atoms with van der Waals surface area (Å²) < 4.78 is 0. The maximum atomic E-state index is 4.65. The summed E-state index contributed by atoms with van der Waals surface area (Å²) in [6, 6.07) is 12.8. The molecule has 0 bridgehead atoms. The first-order valence-electron chi connectivity index (χ1n) is 10.9. The highest BCUT2D eigenvalue weighted by atomic mass is 15.1. The van der Waals surface area contributed by atoms with Crippen molar-refractivity contribution in [1.82, 2.24) is 25.1 Å². The predicted molar refractivity (Wildman–Crippen MR) is 125 cm³/mol. The number of H-pyrrole nitrogens is 2. The summed E-state index contributed by atoms with van der Waals surface area (Å²) in [7, 11) is 0. The molecule has 0 unspecified atom stereocenters. The van der Waals surface area contributed by atoms with Gasteiger partial charge < -0.3 is 9.88 Å². The first kappa shape index (κ1) is 18.1. The van der Waals surface area contributed by atoms with Crippen molar-refractivity contribution in [1.29, 1.82) is 0 Å². The van der Waals surface area contributed by atoms with Crippen molar-refractivity contribution in [3.05, 3.63) is 60.6 Å². The van der Waals surface area contributed by atoms with Crippen LogP contribution >= 0.6 is 0 Å². The van der Waals surface area contributed by atoms with Crippen molar-refractivity contribution in [3.63, 3.8) is 0 Å². The van der Waals surface area contributed by atoms with Crippen molar-refractivity contribution in [2.75, 3.05) is 18.0 Å². The second-order valence-electron chi connectivity index (χ2n) is 8.35. The van der Waals surface area contributed by atoms with Gasteiger partial charge in [-0.25, -0.2) is 4.98 Å². The largest absolute Gasteiger partial charge is 0.371 e. The molecule has 6 rings (SSSR count). The zero-order valence-electron chi connectivity index (χ0n) is 17.5. The lowest BCUT2D eigenvalue weighted by Gasteiger charge is -2.29. The zero-order valence-corrected chi connectivity index (χ0v) is 17.5. The molecule has 1 aromatic carbocycles. The number of aromatic amines is 2. The van der Waals surface area contributed by atoms with Gasteiger partial charge in [-0.3, -0.25) is 10.1 Å². The number of anilines is 1. The van der Waals surface area contributed by atoms with Crippen molar-refractivity contribution in [3.8, 4) is 22.5 Å². The van der Waals surface area contributed by atoms with E-state index in [1.54, 1.807) is 0 Å². The molecule has 5 heterocycles. The van der Waals surface area contributed by atoms with Gasteiger partial charge in [0.25, 0.3) is 0 Å². The summed E-state index contributed by atoms with van der Waals surface area (Å²) >= 11 is 0. The molecule has 0 atom stereocenters. The average Bonchev–Trinajstić information content (AvgIpc) is 3.43. The van der Waals surface area contributed by atoms with Crippen LogP contribution in [0.4, 0.5) is 5.69 Å². The Hall–Kier alpha value is -3.67. The molecule has 4 aromatic heterocycles. The minimum absolute atomic E-state index is 0.911. The minimum atomic E-state index is 0.911. The fraction of sp³-hybridized carbons (Fsp3) is 0.240. The number of pyridine rings is 2. The number of fused-ring (bicyclic) bond motifs is 2. The molecule has 0 radical (unpaired) electrons. The molecule has 6 nitrogen and oxygen atoms in total. The molecule has 6 heteroatoms. The highest BCUT2D eigenvalue weighted by molar-refractivity contribution is 5.99. The third-order valence-electron chi connectivity index (χ3n) is 6.37. The van der Waals surface area contributed by atoms with Crippen LogP contribution in [-0.2, 0) is 0 Å². The molecule has 1 fully saturated rings. The van der Waals surface area contributed by atoms with E-state index in [1.165, 1.54) is 30.5 Å². The quantitative estimate of drug-likeness (QED) is 0.415. The summed E-state index contributed by atoms with van der Waals surface area (Å²) in [5.41, 5.74) is 8.58. The molecule has 31 heavy (non-hydrogen) atoms. The maximum Gasteiger partial charge on any atom is 0.139 e. The lowest BCUT2D eigenvalue weighted by molar-refractivity contribution is 0.579. The predicted octanol–water partition coefficient (Wildman–Crippen LogP) is 5.47. The van der Waals surface area contributed by atoms with Crippen LogP contribution in [0.5, 0.6) is 0 Å². The molecule has 1 saturated heterocycles. The molecular weight excluding hydrogens is 384 g/mol. The van der Waals surface area contributed by atoms with Crippen LogP contribution < -0.4 is 4.90 Å². The fourth-order valence-corrected chi connectivity index (χ4v) is 4.70. The number of rotatable bonds is 3. The molecule has 0 saturated carbocycles. The van der Waals surface area contributed by atoms with Crippen molar-refractivity contribution in [2.24, 2.45) is 0 Å². The topological polar surface area (TPSA) is 73.5 Å². The van der Waals surface area contributed by atoms with Crippen LogP contribution in [0.15, 0.2) is 55.0 Å². The van der Waals surface area contributed by atoms with Gasteiger partial charge >= 0.3 is 0 Å². The Morgan fingerprint density at radius 3 is 2.71 bits per heavy atom. The second-order valence-corrected chi connectivity index (χ2v) is 8.35. The molecule has 5 aromatic rings. The lowest BCUT2D eigenvalue weighted by Crippen LogP contribution is -2.29. The van der Waals surface area contributed by atoms with E-state index in [0.29, 0.717) is 0 Å². The molecule has 154 valence electrons. The van der Waals surface area contributed by atoms with Crippen LogP contribution in [0.1, 0.15) is 24.8 Å². The minimum Gasteiger partial charge on any atom is -0.371 e. The molecule has 0 aliphatic carbocycles. The molecule has 1 aliphatic heterocycles. The number of piperidine rings is 1. The smallest absolute Gasteiger partial charge is 0.139 e. The van der Waals surface area contributed by atoms with E-state index in [9.17, 15) is 0 Å². The van der Waals surface area contributed by atoms with Gasteiger partial charge in [-0.05, 0) is 67.6 Å². The Morgan fingerprint density at radius 1 is 0.935 bits per heavy atom. The van der Waals surface area contributed by atoms with Gasteiger partial charge in [0.05, 0.1) is 11.2 Å². The van der Waals surface area contributed by atoms with E-state index in [0.717, 1.165) is 57.5 Å². The van der Waals surface area contributed by atoms with Crippen LogP contribution in [0.25, 0.3) is 44.5 Å². The van der Waals surface area contributed by atoms with Gasteiger partial charge in [0.15, 0.2) is 0 Å². The summed E-state index contributed by atoms with van der Waals surface area (Å²) in [5.74, 6) is 0. The summed E-state index contributed by atoms with van der Waals surface area (Å²) in [6.07, 6.45) is 9.48. The number of aryl methyl sites for hydroxylation is 1. The Balaban J connectivity index is 1.47. The fourth-order valence-electron chi connectivity index (χ4n) is 4.70. The first-order chi connectivity index (χ1) is 15.3. The molecule has 1 aliphatic rings. The SMILES string of the molecule is Cc1ccncc1-c1ccc2[nH]nc(-c3cc4c(N5CCCCC5)ccnc4[nH]3)c2c1. The summed E-state index contributed by atoms with van der Waals surface area (Å²) in [5, 5.41) is 10.1. The third kappa shape index (κ3) is 3.06. The van der Waals surface area contributed by atoms with Crippen LogP contribution in [0.2, 0.25) is 0 Å². The maximum absolute atomic E-state index is 4.65. The van der Waals surface area contributed by atoms with Gasteiger partial charge in [0.2, 0.25) is 0 Å². The third-order valence-corrected chi connectivity index (χ3v) is 6.37. The number of hydrogen-bond acceptors (Lipinski definition) is 4. The van der Waals surface area contributed by atoms with Crippen molar-refractivity contribution < 1.29 is 0 Å². The van der Waals surface area contributed by atoms with E-state index >= 15 is 0 Å². The van der Waals surface area contributed by atoms with E-state index in [2.05, 4.69) is 67.3 Å². The molecule has 2 N–H and O–H groups in total. The molecule has 0 amide bonds. The first-order valence-corrected chi connectivity index (χ1v) is 10.9. The van der Waals surface area contributed by atoms with Gasteiger partial charge in [-0.1, -0.05) is 6.07 Å². The number of aromatic nitrogens is 5. The van der Waals surface area contributed by atoms with Gasteiger partial charge in [-0.2, -0.15) is 5.10 Å². The summed E-state index contributed by atoms with van der Waals surface area (Å²) in [6.45, 7) is 4.33. The lowest BCUT2D eigenvalue weighted by atomic mass is 10.0. The Morgan fingerprint density at radius 2 is 1.84 bits per heavy atom. The Labute approximate surface area is 180 Å². The number of hydrogen-bond donors (Lipinski definition) is 2. The van der Waals surface area contributed by atoms with Gasteiger partial charge in [0.1, 0.15) is 11.3 Å². The Bertz CT molecular complexity index is 1390. The van der Waals surface area contributed by atoms with Crippen LogP contribution in [0.3, 0.4) is 0 Å². The van der Waals surface area contributed by atoms with Crippen molar-refractivity contribution >= 4 is 27.6 Å². The van der Waals surface area contributed by atoms with Gasteiger partial charge in [-0.15, -0.1) is 0 Å². The second kappa shape index (κ2) is 7.23. The Kier molecular flexibility index (Phi) is 4.23. The highest BCUT2D eigenvalue weighted by Crippen LogP contribution is 2.35. The zero-order chi connectivity index (χ0) is 20.8. The number of benzene rings is 1. The normalized spacial score (nSPS) is 14.5. The van der Waals surface area contributed by atoms with E-state index in [-0.39, 0.29) is 0 Å². The standard InChI is InChI=1S/C25H24N6/c1-16-7-9-26-15-20(16)17-5-6-21-18(13-17)24(30-29-21)22-14-19-23(8-10-27-25(19)28-22)31-11-3-2-4-12-31/h5-10,13-15H,2-4,11-12H2,1H3,(H,27,28)(H,29,30). The highest BCUT2D eigenvalue weighted by Gasteiger charge is 2.18. The molecular formula is C25H24N6. The van der Waals surface area contributed by atoms with E-state index in [4.69, 9.17) is 0 Å². The average molecular weight is 409 g/mol. The monoisotopic (exact) mass is 408 g/mol. The van der Waals surface area contributed by atoms with Crippen LogP contribution in [0, 0.1) is 6.92 Å². The van der Waals surface area contributed by atoms with Crippen LogP contribution in [-0.4, -0.2) is 38.2 Å². The van der Waals surface area contributed by atoms with E-state index in [1.807, 2.05) is 24.7 Å². The number of nitrogens with one attached hydrogen (secondary N) is 2.